The van der Waals surface area contributed by atoms with Crippen molar-refractivity contribution in [3.8, 4) is 0 Å². The molecular weight excluding hydrogens is 246 g/mol. The molecule has 0 aromatic rings. The van der Waals surface area contributed by atoms with Crippen molar-refractivity contribution < 1.29 is 14.3 Å². The second-order valence-electron chi connectivity index (χ2n) is 5.88. The van der Waals surface area contributed by atoms with E-state index in [1.165, 1.54) is 9.80 Å². The van der Waals surface area contributed by atoms with Gasteiger partial charge in [-0.2, -0.15) is 0 Å². The lowest BCUT2D eigenvalue weighted by atomic mass is 9.86. The fraction of sp³-hybridized carbons (Fsp3) is 0.846. The van der Waals surface area contributed by atoms with Crippen LogP contribution in [-0.2, 0) is 14.3 Å². The first-order valence-electron chi connectivity index (χ1n) is 6.34. The van der Waals surface area contributed by atoms with Crippen molar-refractivity contribution in [3.63, 3.8) is 0 Å². The molecule has 0 saturated heterocycles. The molecule has 2 amide bonds. The minimum Gasteiger partial charge on any atom is -0.383 e. The van der Waals surface area contributed by atoms with Gasteiger partial charge in [-0.1, -0.05) is 20.8 Å². The van der Waals surface area contributed by atoms with Gasteiger partial charge in [-0.3, -0.25) is 9.59 Å². The van der Waals surface area contributed by atoms with Crippen LogP contribution in [0.2, 0.25) is 0 Å². The van der Waals surface area contributed by atoms with Gasteiger partial charge in [-0.25, -0.2) is 0 Å². The number of likely N-dealkylation sites (N-methyl/N-ethyl adjacent to an activating group) is 1. The number of nitrogens with zero attached hydrogens (tertiary/aromatic N) is 2. The molecule has 0 radical (unpaired) electrons. The van der Waals surface area contributed by atoms with E-state index in [-0.39, 0.29) is 23.8 Å². The maximum atomic E-state index is 12.3. The number of methoxy groups -OCH3 is 1. The first kappa shape index (κ1) is 17.9. The molecule has 0 aliphatic carbocycles. The molecule has 0 aromatic heterocycles. The van der Waals surface area contributed by atoms with Crippen molar-refractivity contribution in [2.24, 2.45) is 11.1 Å². The predicted molar refractivity (Wildman–Crippen MR) is 74.6 cm³/mol. The molecule has 0 aliphatic rings. The third-order valence-electron chi connectivity index (χ3n) is 2.90. The highest BCUT2D eigenvalue weighted by Crippen LogP contribution is 2.19. The maximum absolute atomic E-state index is 12.3. The van der Waals surface area contributed by atoms with Crippen LogP contribution < -0.4 is 5.73 Å². The van der Waals surface area contributed by atoms with Gasteiger partial charge >= 0.3 is 0 Å². The summed E-state index contributed by atoms with van der Waals surface area (Å²) < 4.78 is 4.97. The third-order valence-corrected chi connectivity index (χ3v) is 2.90. The molecule has 0 aliphatic heterocycles. The van der Waals surface area contributed by atoms with E-state index in [2.05, 4.69) is 0 Å². The Morgan fingerprint density at radius 1 is 1.26 bits per heavy atom. The van der Waals surface area contributed by atoms with Crippen LogP contribution in [0.4, 0.5) is 0 Å². The summed E-state index contributed by atoms with van der Waals surface area (Å²) in [6.45, 7) is 6.47. The minimum atomic E-state index is -0.640. The van der Waals surface area contributed by atoms with Crippen LogP contribution in [0.3, 0.4) is 0 Å². The molecule has 0 fully saturated rings. The van der Waals surface area contributed by atoms with Crippen LogP contribution in [0.25, 0.3) is 0 Å². The first-order chi connectivity index (χ1) is 8.61. The first-order valence-corrected chi connectivity index (χ1v) is 6.34. The number of hydrogen-bond acceptors (Lipinski definition) is 4. The Labute approximate surface area is 115 Å². The van der Waals surface area contributed by atoms with Gasteiger partial charge in [0.05, 0.1) is 19.2 Å². The van der Waals surface area contributed by atoms with Crippen molar-refractivity contribution in [1.82, 2.24) is 9.80 Å². The molecular formula is C13H27N3O3. The lowest BCUT2D eigenvalue weighted by Gasteiger charge is -2.32. The van der Waals surface area contributed by atoms with Gasteiger partial charge in [0, 0.05) is 27.7 Å². The van der Waals surface area contributed by atoms with Crippen LogP contribution in [0.5, 0.6) is 0 Å². The van der Waals surface area contributed by atoms with E-state index in [0.717, 1.165) is 0 Å². The second kappa shape index (κ2) is 7.45. The zero-order chi connectivity index (χ0) is 15.2. The van der Waals surface area contributed by atoms with E-state index in [1.807, 2.05) is 20.8 Å². The van der Waals surface area contributed by atoms with Crippen LogP contribution in [0.1, 0.15) is 20.8 Å². The molecule has 1 atom stereocenters. The van der Waals surface area contributed by atoms with Gasteiger partial charge in [-0.05, 0) is 5.41 Å². The molecule has 0 spiro atoms. The SMILES string of the molecule is COCCN(CC(=O)N(C)C)C(=O)[C@H](N)C(C)(C)C. The van der Waals surface area contributed by atoms with Crippen molar-refractivity contribution in [2.45, 2.75) is 26.8 Å². The topological polar surface area (TPSA) is 75.9 Å². The van der Waals surface area contributed by atoms with Gasteiger partial charge in [0.25, 0.3) is 0 Å². The fourth-order valence-electron chi connectivity index (χ4n) is 1.34. The Morgan fingerprint density at radius 3 is 2.16 bits per heavy atom. The van der Waals surface area contributed by atoms with Crippen LogP contribution >= 0.6 is 0 Å². The summed E-state index contributed by atoms with van der Waals surface area (Å²) in [7, 11) is 4.87. The number of rotatable bonds is 6. The van der Waals surface area contributed by atoms with Crippen molar-refractivity contribution in [1.29, 1.82) is 0 Å². The van der Waals surface area contributed by atoms with Gasteiger partial charge < -0.3 is 20.3 Å². The quantitative estimate of drug-likeness (QED) is 0.734. The number of hydrogen-bond donors (Lipinski definition) is 1. The maximum Gasteiger partial charge on any atom is 0.241 e. The molecule has 0 saturated carbocycles. The zero-order valence-corrected chi connectivity index (χ0v) is 12.9. The van der Waals surface area contributed by atoms with Crippen molar-refractivity contribution >= 4 is 11.8 Å². The smallest absolute Gasteiger partial charge is 0.241 e. The minimum absolute atomic E-state index is 0.0268. The van der Waals surface area contributed by atoms with Gasteiger partial charge in [0.2, 0.25) is 11.8 Å². The summed E-state index contributed by atoms with van der Waals surface area (Å²) in [6.07, 6.45) is 0. The number of carbonyl (C=O) groups is 2. The summed E-state index contributed by atoms with van der Waals surface area (Å²) in [5, 5.41) is 0. The van der Waals surface area contributed by atoms with E-state index < -0.39 is 6.04 Å². The van der Waals surface area contributed by atoms with Crippen LogP contribution in [-0.4, -0.2) is 68.6 Å². The average molecular weight is 273 g/mol. The Balaban J connectivity index is 4.83. The number of ether oxygens (including phenoxy) is 1. The molecule has 6 heteroatoms. The summed E-state index contributed by atoms with van der Waals surface area (Å²) in [5.74, 6) is -0.356. The molecule has 0 unspecified atom stereocenters. The van der Waals surface area contributed by atoms with Crippen molar-refractivity contribution in [3.05, 3.63) is 0 Å². The highest BCUT2D eigenvalue weighted by molar-refractivity contribution is 5.87. The summed E-state index contributed by atoms with van der Waals surface area (Å²) >= 11 is 0. The average Bonchev–Trinajstić information content (AvgIpc) is 2.30. The fourth-order valence-corrected chi connectivity index (χ4v) is 1.34. The van der Waals surface area contributed by atoms with E-state index in [0.29, 0.717) is 13.2 Å². The van der Waals surface area contributed by atoms with Crippen LogP contribution in [0.15, 0.2) is 0 Å². The lowest BCUT2D eigenvalue weighted by molar-refractivity contribution is -0.142. The van der Waals surface area contributed by atoms with Gasteiger partial charge in [-0.15, -0.1) is 0 Å². The van der Waals surface area contributed by atoms with Gasteiger partial charge in [0.15, 0.2) is 0 Å². The standard InChI is InChI=1S/C13H27N3O3/c1-13(2,3)11(14)12(18)16(7-8-19-6)9-10(17)15(4)5/h11H,7-9,14H2,1-6H3/t11-/m0/s1. The Kier molecular flexibility index (Phi) is 7.00. The number of carbonyl (C=O) groups excluding carboxylic acids is 2. The molecule has 0 aromatic carbocycles. The Hall–Kier alpha value is -1.14. The van der Waals surface area contributed by atoms with Gasteiger partial charge in [0.1, 0.15) is 0 Å². The third kappa shape index (κ3) is 6.02. The summed E-state index contributed by atoms with van der Waals surface area (Å²) in [6, 6.07) is -0.640. The monoisotopic (exact) mass is 273 g/mol. The van der Waals surface area contributed by atoms with E-state index in [4.69, 9.17) is 10.5 Å². The van der Waals surface area contributed by atoms with Crippen molar-refractivity contribution in [2.75, 3.05) is 40.9 Å². The Bertz CT molecular complexity index is 311. The zero-order valence-electron chi connectivity index (χ0n) is 12.9. The van der Waals surface area contributed by atoms with E-state index in [1.54, 1.807) is 21.2 Å². The predicted octanol–water partition coefficient (Wildman–Crippen LogP) is -0.0770. The lowest BCUT2D eigenvalue weighted by Crippen LogP contribution is -2.53. The summed E-state index contributed by atoms with van der Waals surface area (Å²) in [4.78, 5) is 27.0. The highest BCUT2D eigenvalue weighted by Gasteiger charge is 2.31. The molecule has 0 bridgehead atoms. The highest BCUT2D eigenvalue weighted by atomic mass is 16.5. The molecule has 112 valence electrons. The normalized spacial score (nSPS) is 13.0. The molecule has 2 N–H and O–H groups in total. The molecule has 0 heterocycles. The van der Waals surface area contributed by atoms with E-state index in [9.17, 15) is 9.59 Å². The summed E-state index contributed by atoms with van der Waals surface area (Å²) in [5.41, 5.74) is 5.62. The van der Waals surface area contributed by atoms with E-state index >= 15 is 0 Å². The number of nitrogens with two attached hydrogens (primary N) is 1. The van der Waals surface area contributed by atoms with Crippen LogP contribution in [0, 0.1) is 5.41 Å². The molecule has 0 rings (SSSR count). The molecule has 19 heavy (non-hydrogen) atoms. The number of amides is 2. The molecule has 6 nitrogen and oxygen atoms in total. The largest absolute Gasteiger partial charge is 0.383 e. The second-order valence-corrected chi connectivity index (χ2v) is 5.88. The Morgan fingerprint density at radius 2 is 1.79 bits per heavy atom.